The van der Waals surface area contributed by atoms with Gasteiger partial charge in [0.15, 0.2) is 0 Å². The van der Waals surface area contributed by atoms with E-state index < -0.39 is 12.9 Å². The van der Waals surface area contributed by atoms with Gasteiger partial charge in [-0.2, -0.15) is 0 Å². The molecule has 0 heterocycles. The SMILES string of the molecule is CCC(C)(C)OCc1ccc(F)cc1B(O)O. The molecular formula is C12H18BFO3. The van der Waals surface area contributed by atoms with Crippen molar-refractivity contribution in [2.75, 3.05) is 0 Å². The molecular weight excluding hydrogens is 222 g/mol. The van der Waals surface area contributed by atoms with Crippen molar-refractivity contribution in [3.05, 3.63) is 29.6 Å². The Hall–Kier alpha value is -0.905. The van der Waals surface area contributed by atoms with Crippen LogP contribution in [0.5, 0.6) is 0 Å². The summed E-state index contributed by atoms with van der Waals surface area (Å²) in [6.07, 6.45) is 0.838. The van der Waals surface area contributed by atoms with E-state index >= 15 is 0 Å². The highest BCUT2D eigenvalue weighted by Gasteiger charge is 2.20. The maximum atomic E-state index is 13.0. The average molecular weight is 240 g/mol. The van der Waals surface area contributed by atoms with Crippen molar-refractivity contribution >= 4 is 12.6 Å². The first kappa shape index (κ1) is 14.2. The van der Waals surface area contributed by atoms with Gasteiger partial charge in [0.25, 0.3) is 0 Å². The lowest BCUT2D eigenvalue weighted by atomic mass is 9.77. The molecule has 3 nitrogen and oxygen atoms in total. The molecule has 0 atom stereocenters. The van der Waals surface area contributed by atoms with E-state index in [1.54, 1.807) is 0 Å². The van der Waals surface area contributed by atoms with Gasteiger partial charge in [-0.1, -0.05) is 13.0 Å². The van der Waals surface area contributed by atoms with Crippen molar-refractivity contribution in [3.63, 3.8) is 0 Å². The molecule has 1 aromatic carbocycles. The summed E-state index contributed by atoms with van der Waals surface area (Å²) in [6.45, 7) is 6.14. The summed E-state index contributed by atoms with van der Waals surface area (Å²) >= 11 is 0. The molecule has 0 amide bonds. The number of benzene rings is 1. The summed E-state index contributed by atoms with van der Waals surface area (Å²) in [4.78, 5) is 0. The van der Waals surface area contributed by atoms with Gasteiger partial charge in [0.2, 0.25) is 0 Å². The van der Waals surface area contributed by atoms with Crippen LogP contribution in [0.15, 0.2) is 18.2 Å². The van der Waals surface area contributed by atoms with Gasteiger partial charge >= 0.3 is 7.12 Å². The highest BCUT2D eigenvalue weighted by molar-refractivity contribution is 6.59. The minimum Gasteiger partial charge on any atom is -0.423 e. The van der Waals surface area contributed by atoms with Gasteiger partial charge in [0, 0.05) is 0 Å². The van der Waals surface area contributed by atoms with E-state index in [-0.39, 0.29) is 17.7 Å². The smallest absolute Gasteiger partial charge is 0.423 e. The van der Waals surface area contributed by atoms with E-state index in [2.05, 4.69) is 0 Å². The van der Waals surface area contributed by atoms with Crippen molar-refractivity contribution < 1.29 is 19.2 Å². The lowest BCUT2D eigenvalue weighted by molar-refractivity contribution is -0.0313. The van der Waals surface area contributed by atoms with Crippen molar-refractivity contribution in [2.24, 2.45) is 0 Å². The molecule has 5 heteroatoms. The van der Waals surface area contributed by atoms with Crippen LogP contribution in [0.4, 0.5) is 4.39 Å². The van der Waals surface area contributed by atoms with Crippen LogP contribution in [0.2, 0.25) is 0 Å². The first-order valence-electron chi connectivity index (χ1n) is 5.64. The maximum absolute atomic E-state index is 13.0. The van der Waals surface area contributed by atoms with E-state index in [1.807, 2.05) is 20.8 Å². The Balaban J connectivity index is 2.84. The van der Waals surface area contributed by atoms with Gasteiger partial charge in [0.05, 0.1) is 12.2 Å². The monoisotopic (exact) mass is 240 g/mol. The lowest BCUT2D eigenvalue weighted by Crippen LogP contribution is -2.34. The second kappa shape index (κ2) is 5.62. The highest BCUT2D eigenvalue weighted by Crippen LogP contribution is 2.16. The molecule has 17 heavy (non-hydrogen) atoms. The predicted octanol–water partition coefficient (Wildman–Crippen LogP) is 1.21. The number of hydrogen-bond acceptors (Lipinski definition) is 3. The van der Waals surface area contributed by atoms with Gasteiger partial charge in [0.1, 0.15) is 5.82 Å². The Morgan fingerprint density at radius 2 is 2.00 bits per heavy atom. The molecule has 1 aromatic rings. The number of halogens is 1. The molecule has 0 aromatic heterocycles. The van der Waals surface area contributed by atoms with Crippen molar-refractivity contribution in [2.45, 2.75) is 39.4 Å². The van der Waals surface area contributed by atoms with E-state index in [0.717, 1.165) is 12.5 Å². The summed E-state index contributed by atoms with van der Waals surface area (Å²) in [5.41, 5.74) is 0.450. The summed E-state index contributed by atoms with van der Waals surface area (Å²) in [6, 6.07) is 3.90. The summed E-state index contributed by atoms with van der Waals surface area (Å²) in [5, 5.41) is 18.3. The molecule has 0 saturated heterocycles. The zero-order valence-electron chi connectivity index (χ0n) is 10.4. The minimum absolute atomic E-state index is 0.150. The second-order valence-corrected chi connectivity index (χ2v) is 4.62. The van der Waals surface area contributed by atoms with E-state index in [4.69, 9.17) is 14.8 Å². The topological polar surface area (TPSA) is 49.7 Å². The standard InChI is InChI=1S/C12H18BFO3/c1-4-12(2,3)17-8-9-5-6-10(14)7-11(9)13(15)16/h5-7,15-16H,4,8H2,1-3H3. The molecule has 0 aliphatic carbocycles. The molecule has 1 rings (SSSR count). The van der Waals surface area contributed by atoms with Crippen LogP contribution in [0, 0.1) is 5.82 Å². The molecule has 0 bridgehead atoms. The maximum Gasteiger partial charge on any atom is 0.488 e. The molecule has 0 saturated carbocycles. The van der Waals surface area contributed by atoms with Gasteiger partial charge in [-0.05, 0) is 43.4 Å². The molecule has 94 valence electrons. The Kier molecular flexibility index (Phi) is 4.68. The van der Waals surface area contributed by atoms with Crippen molar-refractivity contribution in [1.82, 2.24) is 0 Å². The van der Waals surface area contributed by atoms with Crippen LogP contribution in [0.1, 0.15) is 32.8 Å². The van der Waals surface area contributed by atoms with Crippen LogP contribution in [-0.2, 0) is 11.3 Å². The van der Waals surface area contributed by atoms with Crippen LogP contribution in [0.25, 0.3) is 0 Å². The van der Waals surface area contributed by atoms with Crippen LogP contribution in [-0.4, -0.2) is 22.8 Å². The van der Waals surface area contributed by atoms with Crippen LogP contribution in [0.3, 0.4) is 0 Å². The van der Waals surface area contributed by atoms with Crippen molar-refractivity contribution in [1.29, 1.82) is 0 Å². The van der Waals surface area contributed by atoms with Crippen LogP contribution >= 0.6 is 0 Å². The summed E-state index contributed by atoms with van der Waals surface area (Å²) < 4.78 is 18.6. The zero-order valence-corrected chi connectivity index (χ0v) is 10.4. The predicted molar refractivity (Wildman–Crippen MR) is 65.4 cm³/mol. The van der Waals surface area contributed by atoms with Gasteiger partial charge in [-0.25, -0.2) is 4.39 Å². The molecule has 0 aliphatic rings. The molecule has 0 radical (unpaired) electrons. The van der Waals surface area contributed by atoms with Gasteiger partial charge in [-0.3, -0.25) is 0 Å². The molecule has 2 N–H and O–H groups in total. The quantitative estimate of drug-likeness (QED) is 0.760. The fourth-order valence-electron chi connectivity index (χ4n) is 1.31. The lowest BCUT2D eigenvalue weighted by Gasteiger charge is -2.24. The largest absolute Gasteiger partial charge is 0.488 e. The van der Waals surface area contributed by atoms with Gasteiger partial charge in [-0.15, -0.1) is 0 Å². The number of ether oxygens (including phenoxy) is 1. The molecule has 0 spiro atoms. The Morgan fingerprint density at radius 3 is 2.53 bits per heavy atom. The third kappa shape index (κ3) is 4.11. The zero-order chi connectivity index (χ0) is 13.1. The summed E-state index contributed by atoms with van der Waals surface area (Å²) in [7, 11) is -1.69. The first-order chi connectivity index (χ1) is 7.85. The summed E-state index contributed by atoms with van der Waals surface area (Å²) in [5.74, 6) is -0.494. The third-order valence-electron chi connectivity index (χ3n) is 2.86. The molecule has 0 fully saturated rings. The number of rotatable bonds is 5. The molecule has 0 aliphatic heterocycles. The second-order valence-electron chi connectivity index (χ2n) is 4.62. The average Bonchev–Trinajstić information content (AvgIpc) is 2.27. The first-order valence-corrected chi connectivity index (χ1v) is 5.64. The van der Waals surface area contributed by atoms with Gasteiger partial charge < -0.3 is 14.8 Å². The molecule has 0 unspecified atom stereocenters. The fraction of sp³-hybridized carbons (Fsp3) is 0.500. The van der Waals surface area contributed by atoms with Crippen molar-refractivity contribution in [3.8, 4) is 0 Å². The minimum atomic E-state index is -1.69. The Labute approximate surface area is 101 Å². The Bertz CT molecular complexity index is 380. The number of hydrogen-bond donors (Lipinski definition) is 2. The highest BCUT2D eigenvalue weighted by atomic mass is 19.1. The van der Waals surface area contributed by atoms with E-state index in [9.17, 15) is 4.39 Å². The van der Waals surface area contributed by atoms with E-state index in [1.165, 1.54) is 12.1 Å². The normalized spacial score (nSPS) is 11.6. The fourth-order valence-corrected chi connectivity index (χ4v) is 1.31. The van der Waals surface area contributed by atoms with Crippen LogP contribution < -0.4 is 5.46 Å². The Morgan fingerprint density at radius 1 is 1.35 bits per heavy atom. The third-order valence-corrected chi connectivity index (χ3v) is 2.86. The van der Waals surface area contributed by atoms with E-state index in [0.29, 0.717) is 5.56 Å².